The van der Waals surface area contributed by atoms with Gasteiger partial charge in [-0.2, -0.15) is 0 Å². The zero-order valence-corrected chi connectivity index (χ0v) is 9.44. The van der Waals surface area contributed by atoms with E-state index in [1.54, 1.807) is 11.3 Å². The number of rotatable bonds is 0. The van der Waals surface area contributed by atoms with Gasteiger partial charge in [-0.15, -0.1) is 11.3 Å². The van der Waals surface area contributed by atoms with Gasteiger partial charge >= 0.3 is 0 Å². The number of pyridine rings is 1. The van der Waals surface area contributed by atoms with Crippen LogP contribution in [-0.2, 0) is 12.8 Å². The Kier molecular flexibility index (Phi) is 2.13. The molecule has 0 amide bonds. The van der Waals surface area contributed by atoms with Gasteiger partial charge in [0.25, 0.3) is 0 Å². The van der Waals surface area contributed by atoms with Crippen molar-refractivity contribution in [3.8, 4) is 0 Å². The number of fused-ring (bicyclic) bond motifs is 2. The second-order valence-electron chi connectivity index (χ2n) is 4.15. The Hall–Kier alpha value is -1.09. The highest BCUT2D eigenvalue weighted by Gasteiger charge is 2.15. The summed E-state index contributed by atoms with van der Waals surface area (Å²) in [5.41, 5.74) is 10.9. The second-order valence-corrected chi connectivity index (χ2v) is 5.06. The first kappa shape index (κ1) is 9.16. The molecule has 78 valence electrons. The average molecular weight is 218 g/mol. The summed E-state index contributed by atoms with van der Waals surface area (Å²) in [6, 6.07) is 2.07. The van der Waals surface area contributed by atoms with Crippen molar-refractivity contribution in [2.75, 3.05) is 5.73 Å². The number of thiophene rings is 1. The lowest BCUT2D eigenvalue weighted by Gasteiger charge is -2.08. The third-order valence-corrected chi connectivity index (χ3v) is 4.10. The molecule has 0 aliphatic heterocycles. The van der Waals surface area contributed by atoms with Crippen LogP contribution in [0.5, 0.6) is 0 Å². The standard InChI is InChI=1S/C12H14N2S/c13-11-8-4-2-1-3-5-9(8)14-10-6-7-15-12(10)11/h6-7H,1-5H2,(H2,13,14). The minimum Gasteiger partial charge on any atom is -0.397 e. The first-order chi connectivity index (χ1) is 7.36. The van der Waals surface area contributed by atoms with Crippen LogP contribution >= 0.6 is 11.3 Å². The molecule has 15 heavy (non-hydrogen) atoms. The number of nitrogens with two attached hydrogens (primary N) is 1. The number of nitrogen functional groups attached to an aromatic ring is 1. The van der Waals surface area contributed by atoms with Gasteiger partial charge in [-0.1, -0.05) is 6.42 Å². The summed E-state index contributed by atoms with van der Waals surface area (Å²) in [6.07, 6.45) is 6.04. The molecule has 2 N–H and O–H groups in total. The minimum absolute atomic E-state index is 0.992. The molecule has 0 aromatic carbocycles. The van der Waals surface area contributed by atoms with Crippen LogP contribution in [0.3, 0.4) is 0 Å². The Balaban J connectivity index is 2.28. The average Bonchev–Trinajstić information content (AvgIpc) is 2.56. The summed E-state index contributed by atoms with van der Waals surface area (Å²) >= 11 is 1.71. The van der Waals surface area contributed by atoms with Crippen LogP contribution in [0.4, 0.5) is 5.69 Å². The number of hydrogen-bond acceptors (Lipinski definition) is 3. The maximum Gasteiger partial charge on any atom is 0.0834 e. The van der Waals surface area contributed by atoms with Crippen molar-refractivity contribution in [3.05, 3.63) is 22.7 Å². The first-order valence-electron chi connectivity index (χ1n) is 5.50. The lowest BCUT2D eigenvalue weighted by atomic mass is 10.1. The molecule has 0 atom stereocenters. The summed E-state index contributed by atoms with van der Waals surface area (Å²) in [7, 11) is 0. The summed E-state index contributed by atoms with van der Waals surface area (Å²) in [5, 5.41) is 2.08. The molecule has 1 aliphatic rings. The zero-order chi connectivity index (χ0) is 10.3. The molecule has 3 heteroatoms. The Labute approximate surface area is 93.1 Å². The highest BCUT2D eigenvalue weighted by Crippen LogP contribution is 2.33. The van der Waals surface area contributed by atoms with Gasteiger partial charge in [0.15, 0.2) is 0 Å². The van der Waals surface area contributed by atoms with E-state index in [1.807, 2.05) is 0 Å². The van der Waals surface area contributed by atoms with Crippen LogP contribution < -0.4 is 5.73 Å². The molecule has 0 saturated carbocycles. The van der Waals surface area contributed by atoms with Crippen molar-refractivity contribution in [1.82, 2.24) is 4.98 Å². The third-order valence-electron chi connectivity index (χ3n) is 3.16. The lowest BCUT2D eigenvalue weighted by Crippen LogP contribution is -2.01. The normalized spacial score (nSPS) is 16.3. The predicted molar refractivity (Wildman–Crippen MR) is 65.3 cm³/mol. The molecule has 0 saturated heterocycles. The van der Waals surface area contributed by atoms with Crippen LogP contribution in [0.25, 0.3) is 10.2 Å². The molecule has 0 fully saturated rings. The van der Waals surface area contributed by atoms with Crippen molar-refractivity contribution in [2.45, 2.75) is 32.1 Å². The van der Waals surface area contributed by atoms with E-state index in [0.29, 0.717) is 0 Å². The molecule has 2 aromatic heterocycles. The Morgan fingerprint density at radius 3 is 3.00 bits per heavy atom. The van der Waals surface area contributed by atoms with Gasteiger partial charge in [0.1, 0.15) is 0 Å². The zero-order valence-electron chi connectivity index (χ0n) is 8.62. The van der Waals surface area contributed by atoms with E-state index in [0.717, 1.165) is 24.0 Å². The number of nitrogens with zero attached hydrogens (tertiary/aromatic N) is 1. The molecule has 0 radical (unpaired) electrons. The minimum atomic E-state index is 0.992. The van der Waals surface area contributed by atoms with Gasteiger partial charge in [0.05, 0.1) is 15.9 Å². The molecule has 1 aliphatic carbocycles. The Morgan fingerprint density at radius 1 is 1.20 bits per heavy atom. The van der Waals surface area contributed by atoms with Gasteiger partial charge in [-0.3, -0.25) is 4.98 Å². The fourth-order valence-electron chi connectivity index (χ4n) is 2.35. The van der Waals surface area contributed by atoms with Gasteiger partial charge in [0.2, 0.25) is 0 Å². The highest BCUT2D eigenvalue weighted by atomic mass is 32.1. The van der Waals surface area contributed by atoms with Gasteiger partial charge < -0.3 is 5.73 Å². The number of anilines is 1. The van der Waals surface area contributed by atoms with E-state index in [1.165, 1.54) is 35.2 Å². The van der Waals surface area contributed by atoms with Crippen molar-refractivity contribution in [2.24, 2.45) is 0 Å². The molecule has 0 bridgehead atoms. The molecule has 2 heterocycles. The Morgan fingerprint density at radius 2 is 2.07 bits per heavy atom. The fourth-order valence-corrected chi connectivity index (χ4v) is 3.17. The predicted octanol–water partition coefficient (Wildman–Crippen LogP) is 3.15. The van der Waals surface area contributed by atoms with Gasteiger partial charge in [-0.05, 0) is 42.7 Å². The van der Waals surface area contributed by atoms with E-state index in [-0.39, 0.29) is 0 Å². The highest BCUT2D eigenvalue weighted by molar-refractivity contribution is 7.17. The second kappa shape index (κ2) is 3.49. The molecule has 2 nitrogen and oxygen atoms in total. The maximum absolute atomic E-state index is 6.22. The third kappa shape index (κ3) is 1.42. The first-order valence-corrected chi connectivity index (χ1v) is 6.38. The van der Waals surface area contributed by atoms with Crippen molar-refractivity contribution in [3.63, 3.8) is 0 Å². The lowest BCUT2D eigenvalue weighted by molar-refractivity contribution is 0.709. The van der Waals surface area contributed by atoms with Crippen LogP contribution in [-0.4, -0.2) is 4.98 Å². The van der Waals surface area contributed by atoms with E-state index >= 15 is 0 Å². The monoisotopic (exact) mass is 218 g/mol. The molecule has 0 unspecified atom stereocenters. The quantitative estimate of drug-likeness (QED) is 0.690. The Bertz CT molecular complexity index is 502. The summed E-state index contributed by atoms with van der Waals surface area (Å²) in [5.74, 6) is 0. The SMILES string of the molecule is Nc1c2c(nc3ccsc13)CCCCC2. The van der Waals surface area contributed by atoms with Crippen molar-refractivity contribution < 1.29 is 0 Å². The van der Waals surface area contributed by atoms with E-state index in [9.17, 15) is 0 Å². The molecule has 2 aromatic rings. The number of hydrogen-bond donors (Lipinski definition) is 1. The van der Waals surface area contributed by atoms with Crippen molar-refractivity contribution >= 4 is 27.2 Å². The molecule has 0 spiro atoms. The summed E-state index contributed by atoms with van der Waals surface area (Å²) in [6.45, 7) is 0. The van der Waals surface area contributed by atoms with Crippen LogP contribution in [0.2, 0.25) is 0 Å². The fraction of sp³-hybridized carbons (Fsp3) is 0.417. The number of aryl methyl sites for hydroxylation is 1. The maximum atomic E-state index is 6.22. The molecule has 3 rings (SSSR count). The van der Waals surface area contributed by atoms with E-state index in [4.69, 9.17) is 10.7 Å². The van der Waals surface area contributed by atoms with Crippen LogP contribution in [0.1, 0.15) is 30.5 Å². The topological polar surface area (TPSA) is 38.9 Å². The van der Waals surface area contributed by atoms with Crippen LogP contribution in [0.15, 0.2) is 11.4 Å². The van der Waals surface area contributed by atoms with Gasteiger partial charge in [0, 0.05) is 5.69 Å². The molecular formula is C12H14N2S. The van der Waals surface area contributed by atoms with E-state index in [2.05, 4.69) is 11.4 Å². The largest absolute Gasteiger partial charge is 0.397 e. The van der Waals surface area contributed by atoms with E-state index < -0.39 is 0 Å². The smallest absolute Gasteiger partial charge is 0.0834 e. The summed E-state index contributed by atoms with van der Waals surface area (Å²) in [4.78, 5) is 4.73. The summed E-state index contributed by atoms with van der Waals surface area (Å²) < 4.78 is 1.18. The van der Waals surface area contributed by atoms with Gasteiger partial charge in [-0.25, -0.2) is 0 Å². The van der Waals surface area contributed by atoms with Crippen molar-refractivity contribution in [1.29, 1.82) is 0 Å². The number of aromatic nitrogens is 1. The molecular weight excluding hydrogens is 204 g/mol. The van der Waals surface area contributed by atoms with Crippen LogP contribution in [0, 0.1) is 0 Å².